The van der Waals surface area contributed by atoms with E-state index in [0.717, 1.165) is 18.5 Å². The van der Waals surface area contributed by atoms with E-state index in [1.54, 1.807) is 31.3 Å². The Balaban J connectivity index is 2.80. The van der Waals surface area contributed by atoms with Gasteiger partial charge in [-0.2, -0.15) is 0 Å². The zero-order valence-corrected chi connectivity index (χ0v) is 9.06. The maximum absolute atomic E-state index is 11.5. The second-order valence-electron chi connectivity index (χ2n) is 3.44. The molecule has 0 fully saturated rings. The number of benzene rings is 1. The van der Waals surface area contributed by atoms with E-state index in [0.29, 0.717) is 12.0 Å². The van der Waals surface area contributed by atoms with Crippen molar-refractivity contribution in [3.63, 3.8) is 0 Å². The van der Waals surface area contributed by atoms with Gasteiger partial charge in [-0.1, -0.05) is 6.92 Å². The number of hydrogen-bond donors (Lipinski definition) is 0. The van der Waals surface area contributed by atoms with Gasteiger partial charge in [0.05, 0.1) is 0 Å². The molecule has 0 saturated carbocycles. The molecule has 0 unspecified atom stereocenters. The Morgan fingerprint density at radius 3 is 2.40 bits per heavy atom. The van der Waals surface area contributed by atoms with Gasteiger partial charge in [0.1, 0.15) is 0 Å². The monoisotopic (exact) mass is 205 g/mol. The Morgan fingerprint density at radius 1 is 1.33 bits per heavy atom. The normalized spacial score (nSPS) is 9.73. The molecule has 1 amide bonds. The minimum absolute atomic E-state index is 0.151. The molecule has 0 aromatic heterocycles. The summed E-state index contributed by atoms with van der Waals surface area (Å²) in [4.78, 5) is 23.5. The third-order valence-electron chi connectivity index (χ3n) is 2.23. The van der Waals surface area contributed by atoms with E-state index in [4.69, 9.17) is 0 Å². The highest BCUT2D eigenvalue weighted by Gasteiger charge is 2.05. The van der Waals surface area contributed by atoms with Crippen LogP contribution >= 0.6 is 0 Å². The standard InChI is InChI=1S/C12H15NO2/c1-3-4-12(15)10-5-7-11(8-6-10)13(2)9-14/h5-9H,3-4H2,1-2H3. The van der Waals surface area contributed by atoms with Crippen LogP contribution in [0.15, 0.2) is 24.3 Å². The lowest BCUT2D eigenvalue weighted by Gasteiger charge is -2.10. The van der Waals surface area contributed by atoms with Crippen LogP contribution in [0.2, 0.25) is 0 Å². The highest BCUT2D eigenvalue weighted by molar-refractivity contribution is 5.96. The number of rotatable bonds is 5. The SMILES string of the molecule is CCCC(=O)c1ccc(N(C)C=O)cc1. The van der Waals surface area contributed by atoms with Crippen molar-refractivity contribution in [2.24, 2.45) is 0 Å². The second-order valence-corrected chi connectivity index (χ2v) is 3.44. The Kier molecular flexibility index (Phi) is 4.03. The number of anilines is 1. The number of amides is 1. The summed E-state index contributed by atoms with van der Waals surface area (Å²) in [6.07, 6.45) is 2.17. The Labute approximate surface area is 89.7 Å². The predicted molar refractivity (Wildman–Crippen MR) is 60.1 cm³/mol. The Hall–Kier alpha value is -1.64. The first-order chi connectivity index (χ1) is 7.19. The molecule has 1 rings (SSSR count). The number of hydrogen-bond acceptors (Lipinski definition) is 2. The molecule has 1 aromatic carbocycles. The minimum atomic E-state index is 0.151. The van der Waals surface area contributed by atoms with Crippen LogP contribution in [0.3, 0.4) is 0 Å². The summed E-state index contributed by atoms with van der Waals surface area (Å²) >= 11 is 0. The molecule has 0 saturated heterocycles. The van der Waals surface area contributed by atoms with Crippen molar-refractivity contribution in [2.75, 3.05) is 11.9 Å². The van der Waals surface area contributed by atoms with Gasteiger partial charge in [-0.25, -0.2) is 0 Å². The second kappa shape index (κ2) is 5.29. The fraction of sp³-hybridized carbons (Fsp3) is 0.333. The van der Waals surface area contributed by atoms with E-state index < -0.39 is 0 Å². The fourth-order valence-electron chi connectivity index (χ4n) is 1.31. The number of carbonyl (C=O) groups excluding carboxylic acids is 2. The zero-order chi connectivity index (χ0) is 11.3. The van der Waals surface area contributed by atoms with Crippen molar-refractivity contribution in [1.29, 1.82) is 0 Å². The summed E-state index contributed by atoms with van der Waals surface area (Å²) in [6.45, 7) is 1.98. The van der Waals surface area contributed by atoms with Crippen molar-refractivity contribution in [3.05, 3.63) is 29.8 Å². The van der Waals surface area contributed by atoms with E-state index in [1.807, 2.05) is 6.92 Å². The molecule has 0 atom stereocenters. The van der Waals surface area contributed by atoms with Gasteiger partial charge in [-0.15, -0.1) is 0 Å². The van der Waals surface area contributed by atoms with Gasteiger partial charge in [0.15, 0.2) is 5.78 Å². The first kappa shape index (κ1) is 11.4. The lowest BCUT2D eigenvalue weighted by Crippen LogP contribution is -2.13. The van der Waals surface area contributed by atoms with Gasteiger partial charge in [0.25, 0.3) is 0 Å². The predicted octanol–water partition coefficient (Wildman–Crippen LogP) is 2.26. The molecular formula is C12H15NO2. The quantitative estimate of drug-likeness (QED) is 0.546. The van der Waals surface area contributed by atoms with E-state index in [1.165, 1.54) is 4.90 Å². The molecule has 0 spiro atoms. The third-order valence-corrected chi connectivity index (χ3v) is 2.23. The van der Waals surface area contributed by atoms with Crippen molar-refractivity contribution >= 4 is 17.9 Å². The average Bonchev–Trinajstić information content (AvgIpc) is 2.28. The van der Waals surface area contributed by atoms with Crippen LogP contribution < -0.4 is 4.90 Å². The van der Waals surface area contributed by atoms with E-state index in [9.17, 15) is 9.59 Å². The fourth-order valence-corrected chi connectivity index (χ4v) is 1.31. The molecule has 3 heteroatoms. The number of carbonyl (C=O) groups is 2. The molecule has 0 N–H and O–H groups in total. The van der Waals surface area contributed by atoms with Crippen LogP contribution in [0.1, 0.15) is 30.1 Å². The highest BCUT2D eigenvalue weighted by atomic mass is 16.1. The lowest BCUT2D eigenvalue weighted by molar-refractivity contribution is -0.107. The summed E-state index contributed by atoms with van der Waals surface area (Å²) < 4.78 is 0. The maximum atomic E-state index is 11.5. The largest absolute Gasteiger partial charge is 0.318 e. The molecule has 0 aliphatic heterocycles. The molecule has 0 aliphatic carbocycles. The molecule has 3 nitrogen and oxygen atoms in total. The number of Topliss-reactive ketones (excluding diaryl/α,β-unsaturated/α-hetero) is 1. The van der Waals surface area contributed by atoms with E-state index in [2.05, 4.69) is 0 Å². The Bertz CT molecular complexity index is 343. The van der Waals surface area contributed by atoms with Gasteiger partial charge >= 0.3 is 0 Å². The minimum Gasteiger partial charge on any atom is -0.318 e. The molecular weight excluding hydrogens is 190 g/mol. The van der Waals surface area contributed by atoms with Crippen LogP contribution in [0.25, 0.3) is 0 Å². The zero-order valence-electron chi connectivity index (χ0n) is 9.06. The molecule has 80 valence electrons. The molecule has 0 heterocycles. The van der Waals surface area contributed by atoms with Crippen LogP contribution in [0.4, 0.5) is 5.69 Å². The number of ketones is 1. The van der Waals surface area contributed by atoms with Crippen molar-refractivity contribution in [2.45, 2.75) is 19.8 Å². The average molecular weight is 205 g/mol. The third kappa shape index (κ3) is 2.91. The first-order valence-corrected chi connectivity index (χ1v) is 5.00. The summed E-state index contributed by atoms with van der Waals surface area (Å²) in [6, 6.07) is 7.06. The van der Waals surface area contributed by atoms with Crippen LogP contribution in [-0.4, -0.2) is 19.2 Å². The van der Waals surface area contributed by atoms with Gasteiger partial charge in [0, 0.05) is 24.7 Å². The maximum Gasteiger partial charge on any atom is 0.213 e. The molecule has 0 bridgehead atoms. The molecule has 1 aromatic rings. The number of nitrogens with zero attached hydrogens (tertiary/aromatic N) is 1. The smallest absolute Gasteiger partial charge is 0.213 e. The first-order valence-electron chi connectivity index (χ1n) is 5.00. The van der Waals surface area contributed by atoms with Crippen LogP contribution in [0.5, 0.6) is 0 Å². The van der Waals surface area contributed by atoms with Crippen molar-refractivity contribution in [1.82, 2.24) is 0 Å². The molecule has 15 heavy (non-hydrogen) atoms. The van der Waals surface area contributed by atoms with Crippen molar-refractivity contribution < 1.29 is 9.59 Å². The summed E-state index contributed by atoms with van der Waals surface area (Å²) in [5.41, 5.74) is 1.50. The van der Waals surface area contributed by atoms with Gasteiger partial charge in [0.2, 0.25) is 6.41 Å². The summed E-state index contributed by atoms with van der Waals surface area (Å²) in [5, 5.41) is 0. The summed E-state index contributed by atoms with van der Waals surface area (Å²) in [5.74, 6) is 0.151. The molecule has 0 radical (unpaired) electrons. The van der Waals surface area contributed by atoms with Crippen LogP contribution in [-0.2, 0) is 4.79 Å². The van der Waals surface area contributed by atoms with Gasteiger partial charge in [-0.3, -0.25) is 9.59 Å². The van der Waals surface area contributed by atoms with Gasteiger partial charge < -0.3 is 4.90 Å². The van der Waals surface area contributed by atoms with Gasteiger partial charge in [-0.05, 0) is 30.7 Å². The highest BCUT2D eigenvalue weighted by Crippen LogP contribution is 2.14. The molecule has 0 aliphatic rings. The van der Waals surface area contributed by atoms with Crippen molar-refractivity contribution in [3.8, 4) is 0 Å². The Morgan fingerprint density at radius 2 is 1.93 bits per heavy atom. The lowest BCUT2D eigenvalue weighted by atomic mass is 10.1. The van der Waals surface area contributed by atoms with Crippen LogP contribution in [0, 0.1) is 0 Å². The summed E-state index contributed by atoms with van der Waals surface area (Å²) in [7, 11) is 1.68. The van der Waals surface area contributed by atoms with E-state index >= 15 is 0 Å². The topological polar surface area (TPSA) is 37.4 Å². The van der Waals surface area contributed by atoms with E-state index in [-0.39, 0.29) is 5.78 Å².